The van der Waals surface area contributed by atoms with E-state index in [9.17, 15) is 14.4 Å². The number of hydrogen-bond acceptors (Lipinski definition) is 4. The quantitative estimate of drug-likeness (QED) is 0.195. The Bertz CT molecular complexity index is 1900. The van der Waals surface area contributed by atoms with E-state index in [2.05, 4.69) is 20.4 Å². The standard InChI is InChI=1S/C34H33N4O4.Mg/c1-8-18-15(4)22-11-23-16(5)19(9-2)31(37-23)29-30(34(41)42-7)33(40)28-17(6)24(38-32(28)29)12-26-20(10-3)21(14-39)27(36-26)13-25(18)35-22;/h8,11-14,16,19,30H,1,9-10H2,2-7H3,(H-,37,38,39,40);/q-3;+2/p-1/b23-11+,27-13-;/t16-,19-,30+;/m0./s1. The number of Topliss-reactive ketones (excluding diaryl/α,β-unsaturated/α-hetero) is 1. The van der Waals surface area contributed by atoms with Gasteiger partial charge in [0, 0.05) is 11.1 Å². The monoisotopic (exact) mass is 584 g/mol. The summed E-state index contributed by atoms with van der Waals surface area (Å²) < 4.78 is 5.12. The number of ether oxygens (including phenoxy) is 1. The molecular formula is C34H32MgN4O4-2. The first-order chi connectivity index (χ1) is 20.2. The average Bonchev–Trinajstić information content (AvgIpc) is 3.72. The molecule has 3 aromatic heterocycles. The number of aromatic nitrogens is 3. The van der Waals surface area contributed by atoms with Gasteiger partial charge in [0.05, 0.1) is 7.11 Å². The molecule has 0 radical (unpaired) electrons. The zero-order valence-electron chi connectivity index (χ0n) is 25.4. The van der Waals surface area contributed by atoms with Crippen LogP contribution in [0.15, 0.2) is 18.0 Å². The fraction of sp³-hybridized carbons (Fsp3) is 0.324. The van der Waals surface area contributed by atoms with Gasteiger partial charge in [0.2, 0.25) is 0 Å². The second-order valence-corrected chi connectivity index (χ2v) is 11.1. The number of esters is 1. The summed E-state index contributed by atoms with van der Waals surface area (Å²) in [5, 5.41) is 6.22. The first-order valence-corrected chi connectivity index (χ1v) is 14.3. The Morgan fingerprint density at radius 1 is 1.00 bits per heavy atom. The molecule has 8 bridgehead atoms. The molecule has 0 unspecified atom stereocenters. The fourth-order valence-electron chi connectivity index (χ4n) is 6.76. The molecule has 2 aliphatic heterocycles. The smallest absolute Gasteiger partial charge is 0.664 e. The van der Waals surface area contributed by atoms with Crippen molar-refractivity contribution in [1.29, 1.82) is 0 Å². The second kappa shape index (κ2) is 11.4. The van der Waals surface area contributed by atoms with Crippen molar-refractivity contribution in [1.82, 2.24) is 15.0 Å². The number of carbonyl (C=O) groups is 3. The summed E-state index contributed by atoms with van der Waals surface area (Å²) in [5.74, 6) is -2.09. The first kappa shape index (κ1) is 30.6. The zero-order valence-corrected chi connectivity index (χ0v) is 26.8. The van der Waals surface area contributed by atoms with Crippen LogP contribution in [0.4, 0.5) is 0 Å². The van der Waals surface area contributed by atoms with E-state index in [0.717, 1.165) is 40.8 Å². The summed E-state index contributed by atoms with van der Waals surface area (Å²) in [5.41, 5.74) is 8.67. The molecule has 43 heavy (non-hydrogen) atoms. The van der Waals surface area contributed by atoms with E-state index < -0.39 is 11.9 Å². The summed E-state index contributed by atoms with van der Waals surface area (Å²) in [6, 6.07) is 0. The number of carbonyl (C=O) groups excluding carboxylic acids is 3. The molecule has 5 heterocycles. The van der Waals surface area contributed by atoms with Gasteiger partial charge in [-0.25, -0.2) is 0 Å². The van der Waals surface area contributed by atoms with Gasteiger partial charge in [-0.1, -0.05) is 80.3 Å². The van der Waals surface area contributed by atoms with Gasteiger partial charge in [-0.05, 0) is 37.7 Å². The molecule has 3 aliphatic rings. The molecule has 3 aromatic rings. The number of methoxy groups -OCH3 is 1. The summed E-state index contributed by atoms with van der Waals surface area (Å²) in [6.45, 7) is 14.0. The topological polar surface area (TPSA) is 117 Å². The third kappa shape index (κ3) is 4.43. The van der Waals surface area contributed by atoms with Crippen molar-refractivity contribution < 1.29 is 19.1 Å². The molecule has 8 nitrogen and oxygen atoms in total. The molecule has 1 fully saturated rings. The van der Waals surface area contributed by atoms with E-state index in [1.165, 1.54) is 7.11 Å². The third-order valence-corrected chi connectivity index (χ3v) is 9.07. The van der Waals surface area contributed by atoms with E-state index in [1.807, 2.05) is 39.0 Å². The van der Waals surface area contributed by atoms with Crippen LogP contribution >= 0.6 is 0 Å². The molecule has 0 amide bonds. The van der Waals surface area contributed by atoms with Crippen LogP contribution < -0.4 is 25.7 Å². The molecule has 0 spiro atoms. The molecule has 0 N–H and O–H groups in total. The van der Waals surface area contributed by atoms with Gasteiger partial charge in [0.1, 0.15) is 12.2 Å². The fourth-order valence-corrected chi connectivity index (χ4v) is 6.76. The summed E-state index contributed by atoms with van der Waals surface area (Å²) in [7, 11) is 1.29. The van der Waals surface area contributed by atoms with E-state index in [4.69, 9.17) is 25.0 Å². The van der Waals surface area contributed by atoms with Gasteiger partial charge >= 0.3 is 29.0 Å². The number of nitrogens with zero attached hydrogens (tertiary/aromatic N) is 4. The molecule has 1 saturated heterocycles. The summed E-state index contributed by atoms with van der Waals surface area (Å²) in [4.78, 5) is 54.0. The molecule has 216 valence electrons. The Morgan fingerprint density at radius 2 is 1.70 bits per heavy atom. The maximum Gasteiger partial charge on any atom is 2.00 e. The Hall–Kier alpha value is -3.82. The van der Waals surface area contributed by atoms with E-state index in [-0.39, 0.29) is 40.7 Å². The minimum Gasteiger partial charge on any atom is -0.664 e. The van der Waals surface area contributed by atoms with E-state index in [1.54, 1.807) is 6.08 Å². The van der Waals surface area contributed by atoms with Crippen LogP contribution in [0.1, 0.15) is 92.9 Å². The largest absolute Gasteiger partial charge is 2.00 e. The van der Waals surface area contributed by atoms with Gasteiger partial charge in [-0.3, -0.25) is 14.4 Å². The molecule has 6 rings (SSSR count). The Kier molecular flexibility index (Phi) is 8.09. The normalized spacial score (nSPS) is 24.6. The Balaban J connectivity index is 0.00000368. The molecule has 1 aliphatic carbocycles. The van der Waals surface area contributed by atoms with Gasteiger partial charge in [-0.2, -0.15) is 11.4 Å². The summed E-state index contributed by atoms with van der Waals surface area (Å²) in [6.07, 6.45) is 9.57. The Morgan fingerprint density at radius 3 is 2.33 bits per heavy atom. The van der Waals surface area contributed by atoms with Crippen LogP contribution in [-0.4, -0.2) is 48.2 Å². The molecule has 9 heteroatoms. The summed E-state index contributed by atoms with van der Waals surface area (Å²) >= 11 is 0. The van der Waals surface area contributed by atoms with Crippen LogP contribution in [0.5, 0.6) is 0 Å². The minimum atomic E-state index is -1.12. The number of rotatable bonds is 5. The predicted octanol–water partition coefficient (Wildman–Crippen LogP) is 3.57. The molecule has 3 atom stereocenters. The first-order valence-electron chi connectivity index (χ1n) is 14.3. The van der Waals surface area contributed by atoms with Crippen LogP contribution in [0, 0.1) is 31.6 Å². The number of aldehydes is 1. The zero-order chi connectivity index (χ0) is 30.0. The van der Waals surface area contributed by atoms with E-state index >= 15 is 0 Å². The van der Waals surface area contributed by atoms with Gasteiger partial charge in [0.25, 0.3) is 0 Å². The van der Waals surface area contributed by atoms with Crippen LogP contribution in [0.25, 0.3) is 35.2 Å². The SMILES string of the molecule is C=Cc1c2[n-]c(c1C)/C=C1/[N-]/C(=C3\c4[n-]c(c(C)c4C(=O)[C@@H]3C(=O)OC)/C=c3\[n-]/c(c(C=O)c3CC)=C\2)[C@@H](CC)[C@@H]1C.[Mg+2]. The number of hydrogen-bond donors (Lipinski definition) is 0. The van der Waals surface area contributed by atoms with E-state index in [0.29, 0.717) is 62.2 Å². The molecule has 0 saturated carbocycles. The second-order valence-electron chi connectivity index (χ2n) is 11.1. The van der Waals surface area contributed by atoms with Gasteiger partial charge in [0.15, 0.2) is 5.78 Å². The van der Waals surface area contributed by atoms with Gasteiger partial charge < -0.3 is 25.0 Å². The molecule has 0 aromatic carbocycles. The number of ketones is 1. The van der Waals surface area contributed by atoms with Crippen molar-refractivity contribution >= 4 is 71.0 Å². The maximum atomic E-state index is 13.9. The van der Waals surface area contributed by atoms with Crippen molar-refractivity contribution in [3.63, 3.8) is 0 Å². The van der Waals surface area contributed by atoms with Crippen molar-refractivity contribution in [2.24, 2.45) is 17.8 Å². The number of allylic oxidation sites excluding steroid dienone is 2. The Labute approximate surface area is 266 Å². The predicted molar refractivity (Wildman–Crippen MR) is 167 cm³/mol. The minimum absolute atomic E-state index is 0. The van der Waals surface area contributed by atoms with Crippen LogP contribution in [0.3, 0.4) is 0 Å². The third-order valence-electron chi connectivity index (χ3n) is 9.07. The van der Waals surface area contributed by atoms with Crippen molar-refractivity contribution in [3.8, 4) is 0 Å². The number of fused-ring (bicyclic) bond motifs is 7. The van der Waals surface area contributed by atoms with Crippen molar-refractivity contribution in [2.45, 2.75) is 47.5 Å². The van der Waals surface area contributed by atoms with Gasteiger partial charge in [-0.15, -0.1) is 33.5 Å². The molecular weight excluding hydrogens is 553 g/mol. The average molecular weight is 585 g/mol. The van der Waals surface area contributed by atoms with Crippen LogP contribution in [0.2, 0.25) is 0 Å². The van der Waals surface area contributed by atoms with Crippen molar-refractivity contribution in [3.05, 3.63) is 90.1 Å². The maximum absolute atomic E-state index is 13.9. The van der Waals surface area contributed by atoms with Crippen molar-refractivity contribution in [2.75, 3.05) is 7.11 Å². The van der Waals surface area contributed by atoms with Crippen LogP contribution in [-0.2, 0) is 16.0 Å².